The normalized spacial score (nSPS) is 10.6. The van der Waals surface area contributed by atoms with Crippen molar-refractivity contribution in [1.29, 1.82) is 0 Å². The van der Waals surface area contributed by atoms with Crippen molar-refractivity contribution < 1.29 is 9.21 Å². The molecule has 2 heterocycles. The number of rotatable bonds is 4. The summed E-state index contributed by atoms with van der Waals surface area (Å²) >= 11 is 1.26. The smallest absolute Gasteiger partial charge is 0.257 e. The van der Waals surface area contributed by atoms with E-state index >= 15 is 0 Å². The van der Waals surface area contributed by atoms with Crippen molar-refractivity contribution in [1.82, 2.24) is 9.97 Å². The average molecular weight is 285 g/mol. The van der Waals surface area contributed by atoms with Gasteiger partial charge in [-0.25, -0.2) is 9.97 Å². The van der Waals surface area contributed by atoms with Gasteiger partial charge in [-0.15, -0.1) is 0 Å². The van der Waals surface area contributed by atoms with Gasteiger partial charge < -0.3 is 9.73 Å². The van der Waals surface area contributed by atoms with Crippen LogP contribution in [0.2, 0.25) is 0 Å². The van der Waals surface area contributed by atoms with Crippen LogP contribution in [0.1, 0.15) is 0 Å². The molecule has 2 aromatic heterocycles. The standard InChI is InChI=1S/C14H11N3O2S/c18-13(17-12-7-3-4-8-15-12)9-20-14-16-10-5-1-2-6-11(10)19-14/h1-8H,9H2,(H,15,17,18). The van der Waals surface area contributed by atoms with Crippen LogP contribution in [-0.4, -0.2) is 21.6 Å². The van der Waals surface area contributed by atoms with Crippen LogP contribution in [0.3, 0.4) is 0 Å². The number of nitrogens with one attached hydrogen (secondary N) is 1. The molecular weight excluding hydrogens is 274 g/mol. The van der Waals surface area contributed by atoms with E-state index in [1.807, 2.05) is 30.3 Å². The molecule has 0 spiro atoms. The van der Waals surface area contributed by atoms with Gasteiger partial charge in [-0.1, -0.05) is 30.0 Å². The van der Waals surface area contributed by atoms with E-state index in [0.717, 1.165) is 11.1 Å². The largest absolute Gasteiger partial charge is 0.431 e. The third-order valence-electron chi connectivity index (χ3n) is 2.53. The molecule has 3 rings (SSSR count). The quantitative estimate of drug-likeness (QED) is 0.746. The number of oxazole rings is 1. The summed E-state index contributed by atoms with van der Waals surface area (Å²) in [5, 5.41) is 3.19. The molecule has 6 heteroatoms. The highest BCUT2D eigenvalue weighted by atomic mass is 32.2. The molecule has 3 aromatic rings. The molecule has 1 N–H and O–H groups in total. The predicted octanol–water partition coefficient (Wildman–Crippen LogP) is 2.95. The fraction of sp³-hybridized carbons (Fsp3) is 0.0714. The van der Waals surface area contributed by atoms with Crippen molar-refractivity contribution >= 4 is 34.6 Å². The van der Waals surface area contributed by atoms with Gasteiger partial charge in [-0.05, 0) is 24.3 Å². The summed E-state index contributed by atoms with van der Waals surface area (Å²) in [6.45, 7) is 0. The maximum Gasteiger partial charge on any atom is 0.257 e. The molecule has 1 amide bonds. The van der Waals surface area contributed by atoms with Crippen molar-refractivity contribution in [3.63, 3.8) is 0 Å². The number of aromatic nitrogens is 2. The lowest BCUT2D eigenvalue weighted by Gasteiger charge is -2.01. The van der Waals surface area contributed by atoms with Crippen LogP contribution < -0.4 is 5.32 Å². The number of nitrogens with zero attached hydrogens (tertiary/aromatic N) is 2. The van der Waals surface area contributed by atoms with Crippen molar-refractivity contribution in [3.05, 3.63) is 48.7 Å². The summed E-state index contributed by atoms with van der Waals surface area (Å²) in [6.07, 6.45) is 1.63. The van der Waals surface area contributed by atoms with Crippen LogP contribution in [-0.2, 0) is 4.79 Å². The summed E-state index contributed by atoms with van der Waals surface area (Å²) < 4.78 is 5.52. The third-order valence-corrected chi connectivity index (χ3v) is 3.36. The molecular formula is C14H11N3O2S. The number of hydrogen-bond acceptors (Lipinski definition) is 5. The Morgan fingerprint density at radius 2 is 2.05 bits per heavy atom. The molecule has 1 aromatic carbocycles. The minimum Gasteiger partial charge on any atom is -0.431 e. The van der Waals surface area contributed by atoms with Gasteiger partial charge in [0.2, 0.25) is 5.91 Å². The van der Waals surface area contributed by atoms with E-state index in [0.29, 0.717) is 11.0 Å². The lowest BCUT2D eigenvalue weighted by Crippen LogP contribution is -2.14. The van der Waals surface area contributed by atoms with Crippen LogP contribution in [0.25, 0.3) is 11.1 Å². The van der Waals surface area contributed by atoms with E-state index < -0.39 is 0 Å². The molecule has 0 saturated carbocycles. The SMILES string of the molecule is O=C(CSc1nc2ccccc2o1)Nc1ccccn1. The summed E-state index contributed by atoms with van der Waals surface area (Å²) in [5.74, 6) is 0.621. The average Bonchev–Trinajstić information content (AvgIpc) is 2.89. The van der Waals surface area contributed by atoms with Gasteiger partial charge in [0.05, 0.1) is 5.75 Å². The Kier molecular flexibility index (Phi) is 3.64. The topological polar surface area (TPSA) is 68.0 Å². The molecule has 0 atom stereocenters. The molecule has 0 saturated heterocycles. The number of anilines is 1. The monoisotopic (exact) mass is 285 g/mol. The van der Waals surface area contributed by atoms with Gasteiger partial charge in [0.1, 0.15) is 11.3 Å². The number of pyridine rings is 1. The van der Waals surface area contributed by atoms with Gasteiger partial charge in [-0.3, -0.25) is 4.79 Å². The number of para-hydroxylation sites is 2. The zero-order chi connectivity index (χ0) is 13.8. The zero-order valence-electron chi connectivity index (χ0n) is 10.4. The van der Waals surface area contributed by atoms with Crippen molar-refractivity contribution in [2.45, 2.75) is 5.22 Å². The second-order valence-electron chi connectivity index (χ2n) is 4.00. The Balaban J connectivity index is 1.60. The molecule has 0 aliphatic rings. The molecule has 0 aliphatic carbocycles. The second-order valence-corrected chi connectivity index (χ2v) is 4.93. The number of carbonyl (C=O) groups is 1. The maximum atomic E-state index is 11.8. The first-order chi connectivity index (χ1) is 9.81. The van der Waals surface area contributed by atoms with Gasteiger partial charge in [0, 0.05) is 6.20 Å². The first-order valence-electron chi connectivity index (χ1n) is 6.00. The van der Waals surface area contributed by atoms with Crippen molar-refractivity contribution in [3.8, 4) is 0 Å². The molecule has 0 radical (unpaired) electrons. The van der Waals surface area contributed by atoms with Crippen LogP contribution in [0.15, 0.2) is 58.3 Å². The van der Waals surface area contributed by atoms with Crippen LogP contribution in [0, 0.1) is 0 Å². The van der Waals surface area contributed by atoms with E-state index in [-0.39, 0.29) is 11.7 Å². The Morgan fingerprint density at radius 3 is 2.85 bits per heavy atom. The van der Waals surface area contributed by atoms with E-state index in [1.54, 1.807) is 18.3 Å². The van der Waals surface area contributed by atoms with Gasteiger partial charge >= 0.3 is 0 Å². The Bertz CT molecular complexity index is 694. The van der Waals surface area contributed by atoms with E-state index in [9.17, 15) is 4.79 Å². The van der Waals surface area contributed by atoms with E-state index in [2.05, 4.69) is 15.3 Å². The number of amides is 1. The Hall–Kier alpha value is -2.34. The molecule has 0 aliphatic heterocycles. The summed E-state index contributed by atoms with van der Waals surface area (Å²) in [6, 6.07) is 12.8. The van der Waals surface area contributed by atoms with E-state index in [4.69, 9.17) is 4.42 Å². The van der Waals surface area contributed by atoms with Crippen molar-refractivity contribution in [2.24, 2.45) is 0 Å². The van der Waals surface area contributed by atoms with Crippen molar-refractivity contribution in [2.75, 3.05) is 11.1 Å². The van der Waals surface area contributed by atoms with E-state index in [1.165, 1.54) is 11.8 Å². The minimum atomic E-state index is -0.143. The number of fused-ring (bicyclic) bond motifs is 1. The maximum absolute atomic E-state index is 11.8. The third kappa shape index (κ3) is 2.97. The lowest BCUT2D eigenvalue weighted by atomic mass is 10.3. The number of thioether (sulfide) groups is 1. The Morgan fingerprint density at radius 1 is 1.20 bits per heavy atom. The minimum absolute atomic E-state index is 0.143. The molecule has 100 valence electrons. The highest BCUT2D eigenvalue weighted by Gasteiger charge is 2.09. The number of carbonyl (C=O) groups excluding carboxylic acids is 1. The number of hydrogen-bond donors (Lipinski definition) is 1. The highest BCUT2D eigenvalue weighted by molar-refractivity contribution is 7.99. The molecule has 0 fully saturated rings. The molecule has 0 unspecified atom stereocenters. The van der Waals surface area contributed by atoms with Gasteiger partial charge in [0.15, 0.2) is 5.58 Å². The van der Waals surface area contributed by atoms with Gasteiger partial charge in [0.25, 0.3) is 5.22 Å². The molecule has 5 nitrogen and oxygen atoms in total. The van der Waals surface area contributed by atoms with Gasteiger partial charge in [-0.2, -0.15) is 0 Å². The Labute approximate surface area is 119 Å². The summed E-state index contributed by atoms with van der Waals surface area (Å²) in [4.78, 5) is 20.1. The second kappa shape index (κ2) is 5.75. The first-order valence-corrected chi connectivity index (χ1v) is 6.99. The van der Waals surface area contributed by atoms with Crippen LogP contribution in [0.5, 0.6) is 0 Å². The highest BCUT2D eigenvalue weighted by Crippen LogP contribution is 2.23. The fourth-order valence-electron chi connectivity index (χ4n) is 1.66. The van der Waals surface area contributed by atoms with Crippen LogP contribution in [0.4, 0.5) is 5.82 Å². The van der Waals surface area contributed by atoms with Crippen LogP contribution >= 0.6 is 11.8 Å². The number of benzene rings is 1. The predicted molar refractivity (Wildman–Crippen MR) is 77.6 cm³/mol. The lowest BCUT2D eigenvalue weighted by molar-refractivity contribution is -0.113. The first kappa shape index (κ1) is 12.7. The molecule has 20 heavy (non-hydrogen) atoms. The summed E-state index contributed by atoms with van der Waals surface area (Å²) in [5.41, 5.74) is 1.51. The summed E-state index contributed by atoms with van der Waals surface area (Å²) in [7, 11) is 0. The molecule has 0 bridgehead atoms. The fourth-order valence-corrected chi connectivity index (χ4v) is 2.29. The zero-order valence-corrected chi connectivity index (χ0v) is 11.3.